The molecule has 0 saturated carbocycles. The first-order valence-corrected chi connectivity index (χ1v) is 9.19. The number of ether oxygens (including phenoxy) is 1. The standard InChI is InChI=1S/C19H13ClN2O2S2/c1-2-8-24-16-6-5-13(9-15(16)20)10-17-18(23)22(19(25)26-17)12-14-4-3-7-21-11-14/h1,3-7,9-11H,8,12H2/b17-10+. The number of halogens is 1. The lowest BCUT2D eigenvalue weighted by molar-refractivity contribution is -0.122. The number of hydrogen-bond donors (Lipinski definition) is 0. The smallest absolute Gasteiger partial charge is 0.266 e. The predicted octanol–water partition coefficient (Wildman–Crippen LogP) is 4.15. The molecule has 0 N–H and O–H groups in total. The van der Waals surface area contributed by atoms with E-state index in [0.717, 1.165) is 11.1 Å². The summed E-state index contributed by atoms with van der Waals surface area (Å²) in [5.74, 6) is 2.76. The number of carbonyl (C=O) groups is 1. The Hall–Kier alpha value is -2.33. The molecular formula is C19H13ClN2O2S2. The highest BCUT2D eigenvalue weighted by molar-refractivity contribution is 8.26. The zero-order valence-electron chi connectivity index (χ0n) is 13.5. The second kappa shape index (κ2) is 8.37. The minimum absolute atomic E-state index is 0.132. The van der Waals surface area contributed by atoms with Crippen LogP contribution in [-0.2, 0) is 11.3 Å². The topological polar surface area (TPSA) is 42.4 Å². The molecule has 7 heteroatoms. The van der Waals surface area contributed by atoms with Crippen LogP contribution in [-0.4, -0.2) is 26.7 Å². The summed E-state index contributed by atoms with van der Waals surface area (Å²) >= 11 is 12.8. The highest BCUT2D eigenvalue weighted by atomic mass is 35.5. The van der Waals surface area contributed by atoms with Gasteiger partial charge in [0.25, 0.3) is 5.91 Å². The van der Waals surface area contributed by atoms with Gasteiger partial charge < -0.3 is 4.74 Å². The van der Waals surface area contributed by atoms with Gasteiger partial charge >= 0.3 is 0 Å². The van der Waals surface area contributed by atoms with Crippen LogP contribution in [0.3, 0.4) is 0 Å². The van der Waals surface area contributed by atoms with E-state index in [1.165, 1.54) is 11.8 Å². The van der Waals surface area contributed by atoms with E-state index in [0.29, 0.717) is 26.5 Å². The lowest BCUT2D eigenvalue weighted by Crippen LogP contribution is -2.27. The van der Waals surface area contributed by atoms with Crippen LogP contribution in [0.1, 0.15) is 11.1 Å². The third-order valence-corrected chi connectivity index (χ3v) is 5.17. The molecule has 0 spiro atoms. The van der Waals surface area contributed by atoms with Gasteiger partial charge in [-0.3, -0.25) is 14.7 Å². The molecule has 1 aliphatic heterocycles. The van der Waals surface area contributed by atoms with Crippen molar-refractivity contribution in [2.75, 3.05) is 6.61 Å². The van der Waals surface area contributed by atoms with Crippen LogP contribution in [0.25, 0.3) is 6.08 Å². The molecule has 2 heterocycles. The third kappa shape index (κ3) is 4.25. The van der Waals surface area contributed by atoms with Crippen molar-refractivity contribution in [1.29, 1.82) is 0 Å². The summed E-state index contributed by atoms with van der Waals surface area (Å²) in [6, 6.07) is 8.99. The van der Waals surface area contributed by atoms with E-state index in [2.05, 4.69) is 10.9 Å². The summed E-state index contributed by atoms with van der Waals surface area (Å²) in [6.45, 7) is 0.543. The van der Waals surface area contributed by atoms with Crippen LogP contribution in [0, 0.1) is 12.3 Å². The van der Waals surface area contributed by atoms with Crippen LogP contribution in [0.2, 0.25) is 5.02 Å². The number of hydrogen-bond acceptors (Lipinski definition) is 5. The Morgan fingerprint density at radius 3 is 2.96 bits per heavy atom. The molecule has 0 bridgehead atoms. The number of thioether (sulfide) groups is 1. The summed E-state index contributed by atoms with van der Waals surface area (Å²) in [5.41, 5.74) is 1.70. The van der Waals surface area contributed by atoms with Crippen LogP contribution in [0.5, 0.6) is 5.75 Å². The molecule has 1 fully saturated rings. The molecule has 1 saturated heterocycles. The average Bonchev–Trinajstić information content (AvgIpc) is 2.89. The number of benzene rings is 1. The molecule has 130 valence electrons. The van der Waals surface area contributed by atoms with E-state index in [9.17, 15) is 4.79 Å². The van der Waals surface area contributed by atoms with Gasteiger partial charge in [0.05, 0.1) is 16.5 Å². The third-order valence-electron chi connectivity index (χ3n) is 3.50. The van der Waals surface area contributed by atoms with E-state index < -0.39 is 0 Å². The van der Waals surface area contributed by atoms with E-state index in [1.807, 2.05) is 18.2 Å². The van der Waals surface area contributed by atoms with Crippen molar-refractivity contribution < 1.29 is 9.53 Å². The fourth-order valence-corrected chi connectivity index (χ4v) is 3.80. The maximum Gasteiger partial charge on any atom is 0.266 e. The monoisotopic (exact) mass is 400 g/mol. The Bertz CT molecular complexity index is 923. The molecule has 1 aromatic heterocycles. The first-order chi connectivity index (χ1) is 12.6. The zero-order chi connectivity index (χ0) is 18.5. The van der Waals surface area contributed by atoms with Crippen LogP contribution >= 0.6 is 35.6 Å². The summed E-state index contributed by atoms with van der Waals surface area (Å²) < 4.78 is 5.86. The van der Waals surface area contributed by atoms with Gasteiger partial charge in [-0.2, -0.15) is 0 Å². The SMILES string of the molecule is C#CCOc1ccc(/C=C2/SC(=S)N(Cc3cccnc3)C2=O)cc1Cl. The number of carbonyl (C=O) groups excluding carboxylic acids is 1. The second-order valence-electron chi connectivity index (χ2n) is 5.31. The number of rotatable bonds is 5. The summed E-state index contributed by atoms with van der Waals surface area (Å²) in [7, 11) is 0. The molecule has 0 unspecified atom stereocenters. The fourth-order valence-electron chi connectivity index (χ4n) is 2.31. The van der Waals surface area contributed by atoms with E-state index >= 15 is 0 Å². The Morgan fingerprint density at radius 2 is 2.27 bits per heavy atom. The first-order valence-electron chi connectivity index (χ1n) is 7.58. The molecule has 1 aromatic carbocycles. The Morgan fingerprint density at radius 1 is 1.42 bits per heavy atom. The second-order valence-corrected chi connectivity index (χ2v) is 7.39. The largest absolute Gasteiger partial charge is 0.479 e. The highest BCUT2D eigenvalue weighted by Crippen LogP contribution is 2.34. The minimum atomic E-state index is -0.132. The number of amides is 1. The Kier molecular flexibility index (Phi) is 5.94. The highest BCUT2D eigenvalue weighted by Gasteiger charge is 2.32. The maximum atomic E-state index is 12.7. The van der Waals surface area contributed by atoms with Crippen LogP contribution < -0.4 is 4.74 Å². The molecular weight excluding hydrogens is 388 g/mol. The lowest BCUT2D eigenvalue weighted by Gasteiger charge is -2.13. The molecule has 3 rings (SSSR count). The summed E-state index contributed by atoms with van der Waals surface area (Å²) in [4.78, 5) is 18.8. The van der Waals surface area contributed by atoms with Gasteiger partial charge in [-0.05, 0) is 35.4 Å². The number of nitrogens with zero attached hydrogens (tertiary/aromatic N) is 2. The molecule has 0 radical (unpaired) electrons. The van der Waals surface area contributed by atoms with Gasteiger partial charge in [-0.25, -0.2) is 0 Å². The molecule has 1 amide bonds. The number of aromatic nitrogens is 1. The average molecular weight is 401 g/mol. The molecule has 1 aliphatic rings. The van der Waals surface area contributed by atoms with Crippen LogP contribution in [0.15, 0.2) is 47.6 Å². The predicted molar refractivity (Wildman–Crippen MR) is 109 cm³/mol. The van der Waals surface area contributed by atoms with Crippen molar-refractivity contribution >= 4 is 51.9 Å². The summed E-state index contributed by atoms with van der Waals surface area (Å²) in [6.07, 6.45) is 10.3. The Labute approximate surface area is 166 Å². The Balaban J connectivity index is 1.77. The molecule has 0 atom stereocenters. The minimum Gasteiger partial charge on any atom is -0.479 e. The van der Waals surface area contributed by atoms with Crippen molar-refractivity contribution in [1.82, 2.24) is 9.88 Å². The van der Waals surface area contributed by atoms with Gasteiger partial charge in [0, 0.05) is 12.4 Å². The molecule has 0 aliphatic carbocycles. The molecule has 26 heavy (non-hydrogen) atoms. The number of pyridine rings is 1. The summed E-state index contributed by atoms with van der Waals surface area (Å²) in [5, 5.41) is 0.430. The van der Waals surface area contributed by atoms with E-state index in [4.69, 9.17) is 35.0 Å². The van der Waals surface area contributed by atoms with Crippen molar-refractivity contribution in [2.45, 2.75) is 6.54 Å². The van der Waals surface area contributed by atoms with E-state index in [-0.39, 0.29) is 12.5 Å². The van der Waals surface area contributed by atoms with Gasteiger partial charge in [0.15, 0.2) is 0 Å². The van der Waals surface area contributed by atoms with Crippen molar-refractivity contribution in [3.05, 3.63) is 63.8 Å². The number of thiocarbonyl (C=S) groups is 1. The molecule has 4 nitrogen and oxygen atoms in total. The van der Waals surface area contributed by atoms with Gasteiger partial charge in [0.1, 0.15) is 16.7 Å². The van der Waals surface area contributed by atoms with Crippen molar-refractivity contribution in [2.24, 2.45) is 0 Å². The van der Waals surface area contributed by atoms with Crippen molar-refractivity contribution in [3.8, 4) is 18.1 Å². The van der Waals surface area contributed by atoms with E-state index in [1.54, 1.807) is 35.5 Å². The first kappa shape index (κ1) is 18.5. The quantitative estimate of drug-likeness (QED) is 0.428. The zero-order valence-corrected chi connectivity index (χ0v) is 15.9. The van der Waals surface area contributed by atoms with Gasteiger partial charge in [0.2, 0.25) is 0 Å². The number of terminal acetylenes is 1. The normalized spacial score (nSPS) is 15.4. The molecule has 2 aromatic rings. The van der Waals surface area contributed by atoms with Crippen molar-refractivity contribution in [3.63, 3.8) is 0 Å². The van der Waals surface area contributed by atoms with Gasteiger partial charge in [-0.15, -0.1) is 6.42 Å². The lowest BCUT2D eigenvalue weighted by atomic mass is 10.2. The fraction of sp³-hybridized carbons (Fsp3) is 0.105. The van der Waals surface area contributed by atoms with Gasteiger partial charge in [-0.1, -0.05) is 53.6 Å². The van der Waals surface area contributed by atoms with Crippen LogP contribution in [0.4, 0.5) is 0 Å². The maximum absolute atomic E-state index is 12.7.